The quantitative estimate of drug-likeness (QED) is 0.208. The minimum absolute atomic E-state index is 0.0931. The smallest absolute Gasteiger partial charge is 0.260 e. The Morgan fingerprint density at radius 2 is 0.881 bits per heavy atom. The number of rotatable bonds is 1. The van der Waals surface area contributed by atoms with Crippen LogP contribution in [0.5, 0.6) is 23.0 Å². The Hall–Kier alpha value is -3.92. The van der Waals surface area contributed by atoms with Crippen LogP contribution in [0.1, 0.15) is 0 Å². The molecule has 0 fully saturated rings. The molecule has 0 saturated carbocycles. The molecule has 174 valence electrons. The van der Waals surface area contributed by atoms with E-state index in [-0.39, 0.29) is 50.4 Å². The molecule has 0 N–H and O–H groups in total. The molecule has 0 unspecified atom stereocenters. The number of para-hydroxylation sites is 2. The van der Waals surface area contributed by atoms with Crippen LogP contribution in [0.15, 0.2) is 60.7 Å². The third-order valence-corrected chi connectivity index (χ3v) is 8.50. The maximum atomic E-state index is 6.65. The molecule has 0 saturated heterocycles. The third kappa shape index (κ3) is 3.19. The van der Waals surface area contributed by atoms with E-state index < -0.39 is 0 Å². The Labute approximate surface area is 254 Å². The van der Waals surface area contributed by atoms with Gasteiger partial charge < -0.3 is 14.0 Å². The van der Waals surface area contributed by atoms with Gasteiger partial charge in [0.15, 0.2) is 0 Å². The summed E-state index contributed by atoms with van der Waals surface area (Å²) < 4.78 is 14.8. The van der Waals surface area contributed by atoms with Crippen LogP contribution >= 0.6 is 0 Å². The summed E-state index contributed by atoms with van der Waals surface area (Å²) in [5.41, 5.74) is 5.85. The minimum atomic E-state index is -0.0931. The SMILES string of the molecule is [B]c1c([B])c([B])c2c(c1[B])c1c([B])c([B])c([B])c([B])c1n2-c1cc2c3c(c1)Oc1ccccc1B3c1ccccc1O2. The summed E-state index contributed by atoms with van der Waals surface area (Å²) in [6, 6.07) is 19.8. The first kappa shape index (κ1) is 25.8. The molecule has 42 heavy (non-hydrogen) atoms. The van der Waals surface area contributed by atoms with Gasteiger partial charge in [-0.1, -0.05) is 58.2 Å². The molecular formula is C30H10B9NO2. The molecule has 5 aromatic carbocycles. The van der Waals surface area contributed by atoms with Crippen molar-refractivity contribution in [1.29, 1.82) is 0 Å². The van der Waals surface area contributed by atoms with Crippen LogP contribution in [0.2, 0.25) is 0 Å². The van der Waals surface area contributed by atoms with Crippen molar-refractivity contribution in [2.75, 3.05) is 0 Å². The molecule has 0 amide bonds. The van der Waals surface area contributed by atoms with E-state index in [0.717, 1.165) is 27.9 Å². The standard InChI is InChI=1S/C30H10B9NO2/c31-20-18-19-21(32)23(34)25(36)27(38)30(19)40(29(18)26(37)24(35)22(20)33)11-9-16-28-17(10-11)42-15-8-4-2-6-13(15)39(28)12-5-1-3-7-14(12)41-16/h1-10H. The zero-order valence-corrected chi connectivity index (χ0v) is 22.2. The highest BCUT2D eigenvalue weighted by Gasteiger charge is 2.40. The fourth-order valence-electron chi connectivity index (χ4n) is 6.48. The molecule has 1 aromatic heterocycles. The monoisotopic (exact) mass is 515 g/mol. The lowest BCUT2D eigenvalue weighted by atomic mass is 9.35. The van der Waals surface area contributed by atoms with Gasteiger partial charge in [-0.15, -0.1) is 21.9 Å². The van der Waals surface area contributed by atoms with Gasteiger partial charge in [0.2, 0.25) is 0 Å². The number of hydrogen-bond acceptors (Lipinski definition) is 2. The summed E-state index contributed by atoms with van der Waals surface area (Å²) in [5, 5.41) is 0.929. The van der Waals surface area contributed by atoms with Gasteiger partial charge in [0.1, 0.15) is 85.8 Å². The maximum absolute atomic E-state index is 6.65. The van der Waals surface area contributed by atoms with E-state index in [0.29, 0.717) is 39.0 Å². The summed E-state index contributed by atoms with van der Waals surface area (Å²) in [4.78, 5) is 0. The van der Waals surface area contributed by atoms with Gasteiger partial charge in [0, 0.05) is 28.6 Å². The molecule has 0 aliphatic carbocycles. The Morgan fingerprint density at radius 1 is 0.476 bits per heavy atom. The molecular weight excluding hydrogens is 504 g/mol. The lowest BCUT2D eigenvalue weighted by Crippen LogP contribution is -2.57. The van der Waals surface area contributed by atoms with E-state index in [1.165, 1.54) is 0 Å². The van der Waals surface area contributed by atoms with E-state index >= 15 is 0 Å². The van der Waals surface area contributed by atoms with Crippen LogP contribution in [0, 0.1) is 0 Å². The number of aromatic nitrogens is 1. The second kappa shape index (κ2) is 8.80. The molecule has 16 radical (unpaired) electrons. The van der Waals surface area contributed by atoms with Crippen LogP contribution in [0.25, 0.3) is 27.5 Å². The van der Waals surface area contributed by atoms with Gasteiger partial charge in [0.25, 0.3) is 6.71 Å². The first-order valence-corrected chi connectivity index (χ1v) is 13.2. The Morgan fingerprint density at radius 3 is 1.33 bits per heavy atom. The Kier molecular flexibility index (Phi) is 5.40. The van der Waals surface area contributed by atoms with Crippen molar-refractivity contribution in [3.63, 3.8) is 0 Å². The highest BCUT2D eigenvalue weighted by Crippen LogP contribution is 2.38. The van der Waals surface area contributed by atoms with Gasteiger partial charge in [-0.25, -0.2) is 0 Å². The van der Waals surface area contributed by atoms with Crippen molar-refractivity contribution in [3.8, 4) is 28.7 Å². The fraction of sp³-hybridized carbons (Fsp3) is 0. The second-order valence-corrected chi connectivity index (χ2v) is 10.7. The van der Waals surface area contributed by atoms with Crippen molar-refractivity contribution in [3.05, 3.63) is 60.7 Å². The highest BCUT2D eigenvalue weighted by atomic mass is 16.5. The Balaban J connectivity index is 1.53. The molecule has 2 aliphatic rings. The average Bonchev–Trinajstić information content (AvgIpc) is 3.37. The zero-order valence-electron chi connectivity index (χ0n) is 22.2. The summed E-state index contributed by atoms with van der Waals surface area (Å²) in [6.07, 6.45) is 0. The summed E-state index contributed by atoms with van der Waals surface area (Å²) in [5.74, 6) is 2.72. The van der Waals surface area contributed by atoms with Crippen LogP contribution in [0.4, 0.5) is 0 Å². The topological polar surface area (TPSA) is 23.4 Å². The summed E-state index contributed by atoms with van der Waals surface area (Å²) in [6.45, 7) is -0.0931. The largest absolute Gasteiger partial charge is 0.458 e. The third-order valence-electron chi connectivity index (χ3n) is 8.50. The normalized spacial score (nSPS) is 12.9. The molecule has 3 nitrogen and oxygen atoms in total. The van der Waals surface area contributed by atoms with Crippen molar-refractivity contribution >= 4 is 151 Å². The van der Waals surface area contributed by atoms with Gasteiger partial charge in [-0.05, 0) is 33.8 Å². The predicted molar refractivity (Wildman–Crippen MR) is 182 cm³/mol. The maximum Gasteiger partial charge on any atom is 0.260 e. The number of benzene rings is 5. The molecule has 8 rings (SSSR count). The molecule has 0 bridgehead atoms. The van der Waals surface area contributed by atoms with Gasteiger partial charge in [-0.2, -0.15) is 0 Å². The number of ether oxygens (including phenoxy) is 2. The van der Waals surface area contributed by atoms with Crippen molar-refractivity contribution < 1.29 is 9.47 Å². The molecule has 0 spiro atoms. The average molecular weight is 514 g/mol. The lowest BCUT2D eigenvalue weighted by Gasteiger charge is -2.33. The van der Waals surface area contributed by atoms with Crippen LogP contribution < -0.4 is 69.6 Å². The van der Waals surface area contributed by atoms with E-state index in [1.807, 2.05) is 53.1 Å². The molecule has 2 aliphatic heterocycles. The summed E-state index contributed by atoms with van der Waals surface area (Å²) in [7, 11) is 51.7. The van der Waals surface area contributed by atoms with E-state index in [1.54, 1.807) is 0 Å². The van der Waals surface area contributed by atoms with Crippen LogP contribution in [-0.2, 0) is 0 Å². The lowest BCUT2D eigenvalue weighted by molar-refractivity contribution is 0.464. The molecule has 6 aromatic rings. The van der Waals surface area contributed by atoms with Crippen molar-refractivity contribution in [2.24, 2.45) is 0 Å². The predicted octanol–water partition coefficient (Wildman–Crippen LogP) is -4.14. The van der Waals surface area contributed by atoms with Crippen LogP contribution in [-0.4, -0.2) is 74.1 Å². The Bertz CT molecular complexity index is 2060. The highest BCUT2D eigenvalue weighted by molar-refractivity contribution is 6.98. The van der Waals surface area contributed by atoms with Crippen molar-refractivity contribution in [1.82, 2.24) is 4.57 Å². The van der Waals surface area contributed by atoms with E-state index in [4.69, 9.17) is 72.2 Å². The first-order valence-electron chi connectivity index (χ1n) is 13.2. The van der Waals surface area contributed by atoms with Gasteiger partial charge in [0.05, 0.1) is 5.69 Å². The number of hydrogen-bond donors (Lipinski definition) is 0. The van der Waals surface area contributed by atoms with Gasteiger partial charge in [-0.3, -0.25) is 0 Å². The van der Waals surface area contributed by atoms with Crippen LogP contribution in [0.3, 0.4) is 0 Å². The van der Waals surface area contributed by atoms with Crippen molar-refractivity contribution in [2.45, 2.75) is 0 Å². The van der Waals surface area contributed by atoms with Gasteiger partial charge >= 0.3 is 0 Å². The molecule has 12 heteroatoms. The first-order chi connectivity index (χ1) is 20.2. The number of fused-ring (bicyclic) bond motifs is 7. The summed E-state index contributed by atoms with van der Waals surface area (Å²) >= 11 is 0. The fourth-order valence-corrected chi connectivity index (χ4v) is 6.48. The second-order valence-electron chi connectivity index (χ2n) is 10.7. The van der Waals surface area contributed by atoms with E-state index in [2.05, 4.69) is 12.1 Å². The van der Waals surface area contributed by atoms with E-state index in [9.17, 15) is 0 Å². The minimum Gasteiger partial charge on any atom is -0.458 e. The number of nitrogens with zero attached hydrogens (tertiary/aromatic N) is 1. The zero-order chi connectivity index (χ0) is 29.2. The molecule has 3 heterocycles. The molecule has 0 atom stereocenters.